The van der Waals surface area contributed by atoms with Crippen molar-refractivity contribution < 1.29 is 0 Å². The number of hydrogen-bond donors (Lipinski definition) is 0. The van der Waals surface area contributed by atoms with Gasteiger partial charge >= 0.3 is 0 Å². The van der Waals surface area contributed by atoms with Gasteiger partial charge in [0.15, 0.2) is 11.7 Å². The van der Waals surface area contributed by atoms with Gasteiger partial charge in [-0.2, -0.15) is 0 Å². The largest absolute Gasteiger partial charge is 0.261 e. The molecule has 10 rings (SSSR count). The summed E-state index contributed by atoms with van der Waals surface area (Å²) in [4.78, 5) is 14.1. The molecule has 0 unspecified atom stereocenters. The van der Waals surface area contributed by atoms with Crippen molar-refractivity contribution in [1.82, 2.24) is 0 Å². The normalized spacial score (nSPS) is 13.5. The molecule has 58 heavy (non-hydrogen) atoms. The molecule has 0 fully saturated rings. The lowest BCUT2D eigenvalue weighted by atomic mass is 9.81. The van der Waals surface area contributed by atoms with E-state index in [1.54, 1.807) is 0 Å². The van der Waals surface area contributed by atoms with Crippen molar-refractivity contribution >= 4 is 50.7 Å². The third-order valence-electron chi connectivity index (χ3n) is 11.9. The van der Waals surface area contributed by atoms with Crippen LogP contribution in [0.5, 0.6) is 0 Å². The molecular weight excluding hydrogens is 703 g/mol. The fraction of sp³-hybridized carbons (Fsp3) is 0.0727. The zero-order valence-electron chi connectivity index (χ0n) is 32.7. The van der Waals surface area contributed by atoms with Gasteiger partial charge in [0.2, 0.25) is 0 Å². The van der Waals surface area contributed by atoms with Crippen LogP contribution >= 0.6 is 0 Å². The van der Waals surface area contributed by atoms with Crippen LogP contribution < -0.4 is 0 Å². The summed E-state index contributed by atoms with van der Waals surface area (Å²) in [5, 5.41) is 7.62. The van der Waals surface area contributed by atoms with Crippen LogP contribution in [0.25, 0.3) is 65.7 Å². The van der Waals surface area contributed by atoms with E-state index in [1.807, 2.05) is 60.7 Å². The maximum absolute atomic E-state index is 5.00. The van der Waals surface area contributed by atoms with Gasteiger partial charge < -0.3 is 0 Å². The average molecular weight is 744 g/mol. The molecule has 3 nitrogen and oxygen atoms in total. The van der Waals surface area contributed by atoms with Crippen LogP contribution in [0.3, 0.4) is 0 Å². The number of amidine groups is 2. The predicted octanol–water partition coefficient (Wildman–Crippen LogP) is 13.9. The van der Waals surface area contributed by atoms with Gasteiger partial charge in [-0.05, 0) is 101 Å². The van der Waals surface area contributed by atoms with Gasteiger partial charge in [0.1, 0.15) is 0 Å². The van der Waals surface area contributed by atoms with E-state index in [-0.39, 0.29) is 5.41 Å². The third kappa shape index (κ3) is 6.04. The van der Waals surface area contributed by atoms with Crippen LogP contribution in [-0.4, -0.2) is 18.4 Å². The Morgan fingerprint density at radius 2 is 1.02 bits per heavy atom. The van der Waals surface area contributed by atoms with Crippen molar-refractivity contribution in [2.24, 2.45) is 15.0 Å². The molecule has 276 valence electrons. The van der Waals surface area contributed by atoms with Crippen molar-refractivity contribution in [1.29, 1.82) is 0 Å². The fourth-order valence-electron chi connectivity index (χ4n) is 8.92. The molecular formula is C55H41N3. The molecule has 0 heterocycles. The predicted molar refractivity (Wildman–Crippen MR) is 247 cm³/mol. The first kappa shape index (κ1) is 35.2. The lowest BCUT2D eigenvalue weighted by Crippen LogP contribution is -2.14. The van der Waals surface area contributed by atoms with Crippen LogP contribution in [0.2, 0.25) is 0 Å². The van der Waals surface area contributed by atoms with E-state index in [0.717, 1.165) is 22.3 Å². The molecule has 0 spiro atoms. The molecule has 0 N–H and O–H groups in total. The fourth-order valence-corrected chi connectivity index (χ4v) is 8.92. The quantitative estimate of drug-likeness (QED) is 0.0924. The number of hydrogen-bond acceptors (Lipinski definition) is 1. The van der Waals surface area contributed by atoms with Gasteiger partial charge in [0.25, 0.3) is 0 Å². The lowest BCUT2D eigenvalue weighted by molar-refractivity contribution is 0.660. The molecule has 0 aliphatic heterocycles. The molecule has 0 saturated heterocycles. The Kier molecular flexibility index (Phi) is 8.72. The highest BCUT2D eigenvalue weighted by atomic mass is 15.0. The maximum Gasteiger partial charge on any atom is 0.161 e. The highest BCUT2D eigenvalue weighted by molar-refractivity contribution is 6.29. The highest BCUT2D eigenvalue weighted by Gasteiger charge is 2.35. The van der Waals surface area contributed by atoms with Gasteiger partial charge in [-0.1, -0.05) is 190 Å². The van der Waals surface area contributed by atoms with E-state index in [1.165, 1.54) is 71.3 Å². The first-order chi connectivity index (χ1) is 28.5. The van der Waals surface area contributed by atoms with Gasteiger partial charge in [-0.25, -0.2) is 9.98 Å². The van der Waals surface area contributed by atoms with Gasteiger partial charge in [0.05, 0.1) is 6.54 Å². The Morgan fingerprint density at radius 3 is 1.76 bits per heavy atom. The summed E-state index contributed by atoms with van der Waals surface area (Å²) < 4.78 is 0. The van der Waals surface area contributed by atoms with E-state index in [4.69, 9.17) is 9.98 Å². The molecule has 9 aromatic carbocycles. The maximum atomic E-state index is 5.00. The standard InChI is InChI=1S/C55H41N3/c1-55(2)50-24-13-12-21-45(50)46-31-30-41(34-51(46)55)42-22-14-23-47-43-19-10-11-20-44(43)49-33-40(29-32-48(49)52(42)47)37-27-25-36(26-28-37)35-57-54(39-17-8-5-9-18-39)58-53(56-3)38-15-6-4-7-16-38/h4-34H,3,35H2,1-2H3. The average Bonchev–Trinajstić information content (AvgIpc) is 3.52. The summed E-state index contributed by atoms with van der Waals surface area (Å²) in [5.41, 5.74) is 13.2. The van der Waals surface area contributed by atoms with E-state index in [0.29, 0.717) is 18.2 Å². The molecule has 0 bridgehead atoms. The van der Waals surface area contributed by atoms with Crippen LogP contribution in [0.1, 0.15) is 41.7 Å². The van der Waals surface area contributed by atoms with Crippen LogP contribution in [0.4, 0.5) is 0 Å². The molecule has 3 heteroatoms. The number of rotatable bonds is 6. The summed E-state index contributed by atoms with van der Waals surface area (Å²) in [6.07, 6.45) is 0. The molecule has 1 aliphatic rings. The minimum atomic E-state index is -0.0644. The van der Waals surface area contributed by atoms with E-state index in [9.17, 15) is 0 Å². The van der Waals surface area contributed by atoms with Crippen molar-refractivity contribution in [2.75, 3.05) is 0 Å². The zero-order chi connectivity index (χ0) is 39.2. The molecule has 0 aromatic heterocycles. The number of fused-ring (bicyclic) bond motifs is 9. The molecule has 0 saturated carbocycles. The molecule has 0 amide bonds. The minimum absolute atomic E-state index is 0.0644. The topological polar surface area (TPSA) is 37.1 Å². The van der Waals surface area contributed by atoms with Crippen LogP contribution in [0, 0.1) is 0 Å². The summed E-state index contributed by atoms with van der Waals surface area (Å²) in [6.45, 7) is 8.99. The Hall–Kier alpha value is -7.23. The second kappa shape index (κ2) is 14.4. The smallest absolute Gasteiger partial charge is 0.161 e. The first-order valence-electron chi connectivity index (χ1n) is 19.9. The van der Waals surface area contributed by atoms with Gasteiger partial charge in [-0.15, -0.1) is 0 Å². The lowest BCUT2D eigenvalue weighted by Gasteiger charge is -2.22. The number of nitrogens with zero attached hydrogens (tertiary/aromatic N) is 3. The van der Waals surface area contributed by atoms with Crippen molar-refractivity contribution in [3.63, 3.8) is 0 Å². The van der Waals surface area contributed by atoms with Crippen LogP contribution in [-0.2, 0) is 12.0 Å². The Morgan fingerprint density at radius 1 is 0.448 bits per heavy atom. The summed E-state index contributed by atoms with van der Waals surface area (Å²) >= 11 is 0. The second-order valence-corrected chi connectivity index (χ2v) is 15.6. The SMILES string of the molecule is C=NC(=NC(=NCc1ccc(-c2ccc3c(c2)c2ccccc2c2cccc(-c4ccc5c(c4)C(C)(C)c4ccccc4-5)c23)cc1)c1ccccc1)c1ccccc1. The summed E-state index contributed by atoms with van der Waals surface area (Å²) in [7, 11) is 0. The number of aliphatic imine (C=N–C) groups is 3. The molecule has 0 atom stereocenters. The van der Waals surface area contributed by atoms with E-state index < -0.39 is 0 Å². The second-order valence-electron chi connectivity index (χ2n) is 15.6. The minimum Gasteiger partial charge on any atom is -0.261 e. The highest BCUT2D eigenvalue weighted by Crippen LogP contribution is 2.50. The van der Waals surface area contributed by atoms with Gasteiger partial charge in [0, 0.05) is 16.5 Å². The Balaban J connectivity index is 1.03. The van der Waals surface area contributed by atoms with Gasteiger partial charge in [-0.3, -0.25) is 4.99 Å². The van der Waals surface area contributed by atoms with E-state index in [2.05, 4.69) is 153 Å². The van der Waals surface area contributed by atoms with E-state index >= 15 is 0 Å². The van der Waals surface area contributed by atoms with Crippen molar-refractivity contribution in [3.8, 4) is 33.4 Å². The Labute approximate surface area is 339 Å². The Bertz CT molecular complexity index is 3100. The molecule has 9 aromatic rings. The molecule has 1 aliphatic carbocycles. The monoisotopic (exact) mass is 743 g/mol. The molecule has 0 radical (unpaired) electrons. The van der Waals surface area contributed by atoms with Crippen molar-refractivity contribution in [3.05, 3.63) is 216 Å². The van der Waals surface area contributed by atoms with Crippen molar-refractivity contribution in [2.45, 2.75) is 25.8 Å². The first-order valence-corrected chi connectivity index (χ1v) is 19.9. The number of benzene rings is 9. The zero-order valence-corrected chi connectivity index (χ0v) is 32.7. The van der Waals surface area contributed by atoms with Crippen LogP contribution in [0.15, 0.2) is 203 Å². The summed E-state index contributed by atoms with van der Waals surface area (Å²) in [6, 6.07) is 67.3. The third-order valence-corrected chi connectivity index (χ3v) is 11.9. The summed E-state index contributed by atoms with van der Waals surface area (Å²) in [5.74, 6) is 1.17.